The van der Waals surface area contributed by atoms with Crippen molar-refractivity contribution < 1.29 is 22.7 Å². The summed E-state index contributed by atoms with van der Waals surface area (Å²) in [5.41, 5.74) is 5.73. The molecule has 0 fully saturated rings. The lowest BCUT2D eigenvalue weighted by Gasteiger charge is -2.16. The number of anilines is 1. The summed E-state index contributed by atoms with van der Waals surface area (Å²) < 4.78 is 32.4. The summed E-state index contributed by atoms with van der Waals surface area (Å²) in [6, 6.07) is 7.87. The van der Waals surface area contributed by atoms with Gasteiger partial charge in [0.15, 0.2) is 0 Å². The number of nitrogens with one attached hydrogen (secondary N) is 1. The Morgan fingerprint density at radius 1 is 1.31 bits per heavy atom. The van der Waals surface area contributed by atoms with E-state index >= 15 is 0 Å². The zero-order valence-electron chi connectivity index (χ0n) is 14.6. The van der Waals surface area contributed by atoms with Crippen molar-refractivity contribution in [2.24, 2.45) is 12.8 Å². The van der Waals surface area contributed by atoms with E-state index in [0.717, 1.165) is 4.31 Å². The number of rotatable bonds is 7. The number of hydrogen-bond donors (Lipinski definition) is 2. The molecule has 0 spiro atoms. The van der Waals surface area contributed by atoms with Crippen LogP contribution in [0.15, 0.2) is 41.4 Å². The van der Waals surface area contributed by atoms with Crippen molar-refractivity contribution in [3.05, 3.63) is 42.2 Å². The molecule has 1 aromatic carbocycles. The highest BCUT2D eigenvalue weighted by Gasteiger charge is 2.26. The van der Waals surface area contributed by atoms with E-state index < -0.39 is 28.4 Å². The third-order valence-electron chi connectivity index (χ3n) is 3.66. The molecule has 2 aromatic rings. The molecule has 1 aromatic heterocycles. The summed E-state index contributed by atoms with van der Waals surface area (Å²) >= 11 is 0. The normalized spacial score (nSPS) is 11.4. The topological polar surface area (TPSA) is 124 Å². The number of primary amides is 1. The van der Waals surface area contributed by atoms with Crippen LogP contribution in [-0.2, 0) is 21.9 Å². The van der Waals surface area contributed by atoms with Gasteiger partial charge < -0.3 is 20.4 Å². The summed E-state index contributed by atoms with van der Waals surface area (Å²) in [5.74, 6) is -0.699. The number of nitrogens with zero attached hydrogens (tertiary/aromatic N) is 2. The molecule has 0 saturated heterocycles. The molecular weight excluding hydrogens is 360 g/mol. The maximum Gasteiger partial charge on any atom is 0.265 e. The van der Waals surface area contributed by atoms with E-state index in [1.54, 1.807) is 24.3 Å². The van der Waals surface area contributed by atoms with Gasteiger partial charge in [0, 0.05) is 32.0 Å². The molecule has 10 heteroatoms. The van der Waals surface area contributed by atoms with Crippen LogP contribution in [0.3, 0.4) is 0 Å². The summed E-state index contributed by atoms with van der Waals surface area (Å²) in [5, 5.41) is 2.60. The van der Waals surface area contributed by atoms with Gasteiger partial charge in [0.25, 0.3) is 5.91 Å². The van der Waals surface area contributed by atoms with Gasteiger partial charge in [0.1, 0.15) is 16.3 Å². The summed E-state index contributed by atoms with van der Waals surface area (Å²) in [6.07, 6.45) is 1.27. The second-order valence-corrected chi connectivity index (χ2v) is 7.62. The number of amides is 2. The standard InChI is InChI=1S/C16H20N4O5S/c1-19-9-13(8-14(19)16(17)22)26(23,24)20(2)10-15(21)18-11-5-4-6-12(7-11)25-3/h4-9H,10H2,1-3H3,(H2,17,22)(H,18,21). The maximum absolute atomic E-state index is 12.6. The summed E-state index contributed by atoms with van der Waals surface area (Å²) in [7, 11) is 0.330. The molecule has 26 heavy (non-hydrogen) atoms. The number of carbonyl (C=O) groups excluding carboxylic acids is 2. The van der Waals surface area contributed by atoms with Crippen LogP contribution in [0.5, 0.6) is 5.75 Å². The zero-order valence-corrected chi connectivity index (χ0v) is 15.4. The number of methoxy groups -OCH3 is 1. The first-order chi connectivity index (χ1) is 12.1. The fraction of sp³-hybridized carbons (Fsp3) is 0.250. The van der Waals surface area contributed by atoms with Crippen molar-refractivity contribution in [2.75, 3.05) is 26.0 Å². The monoisotopic (exact) mass is 380 g/mol. The largest absolute Gasteiger partial charge is 0.497 e. The Kier molecular flexibility index (Phi) is 5.68. The lowest BCUT2D eigenvalue weighted by atomic mass is 10.3. The fourth-order valence-corrected chi connectivity index (χ4v) is 3.49. The molecule has 2 amide bonds. The Bertz CT molecular complexity index is 936. The Balaban J connectivity index is 2.12. The lowest BCUT2D eigenvalue weighted by Crippen LogP contribution is -2.34. The van der Waals surface area contributed by atoms with Crippen molar-refractivity contribution in [3.63, 3.8) is 0 Å². The number of nitrogens with two attached hydrogens (primary N) is 1. The van der Waals surface area contributed by atoms with Crippen LogP contribution in [0, 0.1) is 0 Å². The minimum atomic E-state index is -3.96. The van der Waals surface area contributed by atoms with Gasteiger partial charge in [0.2, 0.25) is 15.9 Å². The number of likely N-dealkylation sites (N-methyl/N-ethyl adjacent to an activating group) is 1. The van der Waals surface area contributed by atoms with Crippen LogP contribution in [-0.4, -0.2) is 49.8 Å². The predicted molar refractivity (Wildman–Crippen MR) is 95.4 cm³/mol. The van der Waals surface area contributed by atoms with Crippen LogP contribution in [0.2, 0.25) is 0 Å². The Morgan fingerprint density at radius 3 is 2.58 bits per heavy atom. The van der Waals surface area contributed by atoms with E-state index in [0.29, 0.717) is 11.4 Å². The van der Waals surface area contributed by atoms with Gasteiger partial charge in [-0.1, -0.05) is 6.07 Å². The zero-order chi connectivity index (χ0) is 19.5. The van der Waals surface area contributed by atoms with Gasteiger partial charge in [-0.3, -0.25) is 9.59 Å². The first kappa shape index (κ1) is 19.5. The molecule has 0 aliphatic carbocycles. The third-order valence-corrected chi connectivity index (χ3v) is 5.43. The highest BCUT2D eigenvalue weighted by Crippen LogP contribution is 2.19. The van der Waals surface area contributed by atoms with E-state index in [9.17, 15) is 18.0 Å². The molecule has 3 N–H and O–H groups in total. The number of sulfonamides is 1. The van der Waals surface area contributed by atoms with Crippen LogP contribution < -0.4 is 15.8 Å². The third kappa shape index (κ3) is 4.21. The van der Waals surface area contributed by atoms with E-state index in [2.05, 4.69) is 5.32 Å². The van der Waals surface area contributed by atoms with Crippen LogP contribution in [0.25, 0.3) is 0 Å². The molecule has 0 bridgehead atoms. The number of hydrogen-bond acceptors (Lipinski definition) is 5. The Morgan fingerprint density at radius 2 is 2.00 bits per heavy atom. The smallest absolute Gasteiger partial charge is 0.265 e. The van der Waals surface area contributed by atoms with Gasteiger partial charge >= 0.3 is 0 Å². The number of aromatic nitrogens is 1. The molecule has 140 valence electrons. The van der Waals surface area contributed by atoms with Gasteiger partial charge in [-0.25, -0.2) is 8.42 Å². The molecule has 0 atom stereocenters. The van der Waals surface area contributed by atoms with E-state index in [1.165, 1.54) is 38.0 Å². The van der Waals surface area contributed by atoms with E-state index in [1.807, 2.05) is 0 Å². The Hall–Kier alpha value is -2.85. The molecule has 0 radical (unpaired) electrons. The van der Waals surface area contributed by atoms with Crippen LogP contribution >= 0.6 is 0 Å². The number of ether oxygens (including phenoxy) is 1. The number of aryl methyl sites for hydroxylation is 1. The molecule has 2 rings (SSSR count). The second-order valence-electron chi connectivity index (χ2n) is 5.58. The van der Waals surface area contributed by atoms with Crippen molar-refractivity contribution in [3.8, 4) is 5.75 Å². The van der Waals surface area contributed by atoms with Gasteiger partial charge in [-0.2, -0.15) is 4.31 Å². The molecular formula is C16H20N4O5S. The minimum Gasteiger partial charge on any atom is -0.497 e. The van der Waals surface area contributed by atoms with E-state index in [-0.39, 0.29) is 10.6 Å². The average molecular weight is 380 g/mol. The molecule has 0 aliphatic heterocycles. The molecule has 1 heterocycles. The van der Waals surface area contributed by atoms with Gasteiger partial charge in [-0.05, 0) is 18.2 Å². The first-order valence-corrected chi connectivity index (χ1v) is 8.95. The first-order valence-electron chi connectivity index (χ1n) is 7.51. The van der Waals surface area contributed by atoms with Gasteiger partial charge in [0.05, 0.1) is 13.7 Å². The highest BCUT2D eigenvalue weighted by molar-refractivity contribution is 7.89. The molecule has 0 unspecified atom stereocenters. The molecule has 9 nitrogen and oxygen atoms in total. The average Bonchev–Trinajstić information content (AvgIpc) is 2.97. The summed E-state index contributed by atoms with van der Waals surface area (Å²) in [4.78, 5) is 23.3. The van der Waals surface area contributed by atoms with Crippen molar-refractivity contribution >= 4 is 27.5 Å². The molecule has 0 aliphatic rings. The predicted octanol–water partition coefficient (Wildman–Crippen LogP) is 0.392. The number of carbonyl (C=O) groups is 2. The Labute approximate surface area is 151 Å². The maximum atomic E-state index is 12.6. The highest BCUT2D eigenvalue weighted by atomic mass is 32.2. The van der Waals surface area contributed by atoms with Crippen molar-refractivity contribution in [1.82, 2.24) is 8.87 Å². The molecule has 0 saturated carbocycles. The SMILES string of the molecule is COc1cccc(NC(=O)CN(C)S(=O)(=O)c2cc(C(N)=O)n(C)c2)c1. The van der Waals surface area contributed by atoms with Crippen LogP contribution in [0.4, 0.5) is 5.69 Å². The number of benzene rings is 1. The van der Waals surface area contributed by atoms with Gasteiger partial charge in [-0.15, -0.1) is 0 Å². The summed E-state index contributed by atoms with van der Waals surface area (Å²) in [6.45, 7) is -0.402. The minimum absolute atomic E-state index is 0.0535. The second kappa shape index (κ2) is 7.58. The fourth-order valence-electron chi connectivity index (χ4n) is 2.29. The van der Waals surface area contributed by atoms with Crippen molar-refractivity contribution in [2.45, 2.75) is 4.90 Å². The van der Waals surface area contributed by atoms with Crippen molar-refractivity contribution in [1.29, 1.82) is 0 Å². The van der Waals surface area contributed by atoms with E-state index in [4.69, 9.17) is 10.5 Å². The van der Waals surface area contributed by atoms with Crippen LogP contribution in [0.1, 0.15) is 10.5 Å². The lowest BCUT2D eigenvalue weighted by molar-refractivity contribution is -0.116. The quantitative estimate of drug-likeness (QED) is 0.719.